The van der Waals surface area contributed by atoms with Gasteiger partial charge in [-0.25, -0.2) is 0 Å². The number of carbonyl (C=O) groups is 1. The number of rotatable bonds is 6. The minimum absolute atomic E-state index is 0.0289. The Labute approximate surface area is 152 Å². The third-order valence-corrected chi connectivity index (χ3v) is 5.17. The van der Waals surface area contributed by atoms with E-state index in [-0.39, 0.29) is 11.9 Å². The molecule has 1 N–H and O–H groups in total. The third kappa shape index (κ3) is 3.92. The van der Waals surface area contributed by atoms with E-state index in [2.05, 4.69) is 15.5 Å². The van der Waals surface area contributed by atoms with Gasteiger partial charge in [0.2, 0.25) is 5.91 Å². The lowest BCUT2D eigenvalue weighted by Crippen LogP contribution is -2.29. The average molecular weight is 372 g/mol. The number of halogens is 2. The molecule has 6 nitrogen and oxygen atoms in total. The fourth-order valence-electron chi connectivity index (χ4n) is 2.69. The normalized spacial score (nSPS) is 12.5. The van der Waals surface area contributed by atoms with Gasteiger partial charge in [0, 0.05) is 13.0 Å². The van der Waals surface area contributed by atoms with Crippen LogP contribution in [-0.2, 0) is 11.3 Å². The van der Waals surface area contributed by atoms with Gasteiger partial charge in [0.25, 0.3) is 0 Å². The number of aryl methyl sites for hydroxylation is 2. The Hall–Kier alpha value is -1.53. The fourth-order valence-corrected chi connectivity index (χ4v) is 2.95. The van der Waals surface area contributed by atoms with Gasteiger partial charge in [-0.1, -0.05) is 23.2 Å². The molecule has 2 aromatic rings. The molecule has 0 saturated heterocycles. The van der Waals surface area contributed by atoms with Crippen LogP contribution < -0.4 is 5.32 Å². The molecule has 0 aliphatic rings. The highest BCUT2D eigenvalue weighted by atomic mass is 35.5. The van der Waals surface area contributed by atoms with E-state index in [1.165, 1.54) is 0 Å². The second-order valence-corrected chi connectivity index (χ2v) is 6.80. The fraction of sp³-hybridized carbons (Fsp3) is 0.562. The van der Waals surface area contributed by atoms with E-state index in [1.54, 1.807) is 4.68 Å². The minimum Gasteiger partial charge on any atom is -0.354 e. The van der Waals surface area contributed by atoms with Gasteiger partial charge in [0.1, 0.15) is 0 Å². The molecule has 1 amide bonds. The van der Waals surface area contributed by atoms with Crippen LogP contribution >= 0.6 is 23.2 Å². The largest absolute Gasteiger partial charge is 0.354 e. The molecule has 2 aromatic heterocycles. The van der Waals surface area contributed by atoms with E-state index < -0.39 is 0 Å². The molecule has 0 aromatic carbocycles. The average Bonchev–Trinajstić information content (AvgIpc) is 2.92. The van der Waals surface area contributed by atoms with Crippen LogP contribution in [0.15, 0.2) is 0 Å². The maximum Gasteiger partial charge on any atom is 0.222 e. The zero-order chi connectivity index (χ0) is 18.0. The zero-order valence-corrected chi connectivity index (χ0v) is 16.2. The predicted molar refractivity (Wildman–Crippen MR) is 95.8 cm³/mol. The quantitative estimate of drug-likeness (QED) is 0.846. The Bertz CT molecular complexity index is 750. The van der Waals surface area contributed by atoms with Crippen molar-refractivity contribution in [2.75, 3.05) is 6.54 Å². The minimum atomic E-state index is -0.0562. The Kier molecular flexibility index (Phi) is 5.93. The van der Waals surface area contributed by atoms with Gasteiger partial charge in [-0.05, 0) is 34.6 Å². The molecule has 8 heteroatoms. The van der Waals surface area contributed by atoms with Crippen LogP contribution in [0.5, 0.6) is 0 Å². The van der Waals surface area contributed by atoms with Gasteiger partial charge in [-0.3, -0.25) is 14.2 Å². The molecule has 2 heterocycles. The highest BCUT2D eigenvalue weighted by Crippen LogP contribution is 2.23. The molecule has 0 spiro atoms. The van der Waals surface area contributed by atoms with Gasteiger partial charge in [0.15, 0.2) is 0 Å². The molecule has 24 heavy (non-hydrogen) atoms. The van der Waals surface area contributed by atoms with Crippen LogP contribution in [0.1, 0.15) is 42.2 Å². The summed E-state index contributed by atoms with van der Waals surface area (Å²) >= 11 is 12.3. The number of hydrogen-bond donors (Lipinski definition) is 1. The monoisotopic (exact) mass is 371 g/mol. The lowest BCUT2D eigenvalue weighted by Gasteiger charge is -2.14. The van der Waals surface area contributed by atoms with Gasteiger partial charge >= 0.3 is 0 Å². The van der Waals surface area contributed by atoms with Crippen LogP contribution in [0.25, 0.3) is 0 Å². The highest BCUT2D eigenvalue weighted by molar-refractivity contribution is 6.32. The second-order valence-electron chi connectivity index (χ2n) is 6.04. The Morgan fingerprint density at radius 3 is 2.17 bits per heavy atom. The Balaban J connectivity index is 1.86. The van der Waals surface area contributed by atoms with Gasteiger partial charge in [0.05, 0.1) is 45.4 Å². The molecular weight excluding hydrogens is 349 g/mol. The summed E-state index contributed by atoms with van der Waals surface area (Å²) in [7, 11) is 0. The van der Waals surface area contributed by atoms with E-state index in [9.17, 15) is 4.79 Å². The van der Waals surface area contributed by atoms with E-state index >= 15 is 0 Å². The maximum absolute atomic E-state index is 12.1. The predicted octanol–water partition coefficient (Wildman–Crippen LogP) is 3.39. The lowest BCUT2D eigenvalue weighted by molar-refractivity contribution is -0.121. The first-order chi connectivity index (χ1) is 11.2. The van der Waals surface area contributed by atoms with Crippen LogP contribution in [-0.4, -0.2) is 32.0 Å². The second kappa shape index (κ2) is 7.57. The first-order valence-electron chi connectivity index (χ1n) is 7.89. The molecule has 0 radical (unpaired) electrons. The molecule has 0 aliphatic carbocycles. The topological polar surface area (TPSA) is 64.7 Å². The first-order valence-corrected chi connectivity index (χ1v) is 8.65. The SMILES string of the molecule is Cc1nn(CCNC(=O)C[C@H](C)n2nc(C)c(Cl)c2C)c(C)c1Cl. The van der Waals surface area contributed by atoms with Crippen molar-refractivity contribution < 1.29 is 4.79 Å². The van der Waals surface area contributed by atoms with Crippen LogP contribution in [0, 0.1) is 27.7 Å². The van der Waals surface area contributed by atoms with Crippen molar-refractivity contribution in [1.82, 2.24) is 24.9 Å². The van der Waals surface area contributed by atoms with E-state index in [0.717, 1.165) is 22.8 Å². The summed E-state index contributed by atoms with van der Waals surface area (Å²) in [4.78, 5) is 12.1. The number of amides is 1. The van der Waals surface area contributed by atoms with Crippen molar-refractivity contribution >= 4 is 29.1 Å². The number of nitrogens with one attached hydrogen (secondary N) is 1. The van der Waals surface area contributed by atoms with Gasteiger partial charge in [-0.2, -0.15) is 10.2 Å². The summed E-state index contributed by atoms with van der Waals surface area (Å²) in [6, 6.07) is -0.0562. The van der Waals surface area contributed by atoms with E-state index in [1.807, 2.05) is 39.3 Å². The van der Waals surface area contributed by atoms with Crippen molar-refractivity contribution in [3.63, 3.8) is 0 Å². The zero-order valence-electron chi connectivity index (χ0n) is 14.7. The van der Waals surface area contributed by atoms with E-state index in [4.69, 9.17) is 23.2 Å². The molecule has 0 aliphatic heterocycles. The van der Waals surface area contributed by atoms with Crippen molar-refractivity contribution in [3.8, 4) is 0 Å². The van der Waals surface area contributed by atoms with E-state index in [0.29, 0.717) is 29.6 Å². The molecule has 0 saturated carbocycles. The smallest absolute Gasteiger partial charge is 0.222 e. The maximum atomic E-state index is 12.1. The summed E-state index contributed by atoms with van der Waals surface area (Å²) in [6.45, 7) is 10.6. The Morgan fingerprint density at radius 1 is 1.08 bits per heavy atom. The number of hydrogen-bond acceptors (Lipinski definition) is 3. The molecule has 2 rings (SSSR count). The van der Waals surface area contributed by atoms with Crippen molar-refractivity contribution in [2.45, 2.75) is 53.6 Å². The number of nitrogens with zero attached hydrogens (tertiary/aromatic N) is 4. The summed E-state index contributed by atoms with van der Waals surface area (Å²) in [5.41, 5.74) is 3.37. The van der Waals surface area contributed by atoms with Crippen molar-refractivity contribution in [2.24, 2.45) is 0 Å². The molecule has 0 unspecified atom stereocenters. The number of carbonyl (C=O) groups excluding carboxylic acids is 1. The summed E-state index contributed by atoms with van der Waals surface area (Å²) in [5.74, 6) is -0.0289. The third-order valence-electron chi connectivity index (χ3n) is 4.07. The highest BCUT2D eigenvalue weighted by Gasteiger charge is 2.17. The Morgan fingerprint density at radius 2 is 1.67 bits per heavy atom. The molecule has 1 atom stereocenters. The van der Waals surface area contributed by atoms with Crippen LogP contribution in [0.2, 0.25) is 10.0 Å². The summed E-state index contributed by atoms with van der Waals surface area (Å²) < 4.78 is 3.61. The lowest BCUT2D eigenvalue weighted by atomic mass is 10.2. The summed E-state index contributed by atoms with van der Waals surface area (Å²) in [5, 5.41) is 13.0. The first kappa shape index (κ1) is 18.8. The van der Waals surface area contributed by atoms with Gasteiger partial charge in [-0.15, -0.1) is 0 Å². The van der Waals surface area contributed by atoms with Crippen LogP contribution in [0.3, 0.4) is 0 Å². The van der Waals surface area contributed by atoms with Crippen molar-refractivity contribution in [3.05, 3.63) is 32.8 Å². The molecule has 132 valence electrons. The molecule has 0 bridgehead atoms. The molecular formula is C16H23Cl2N5O. The molecule has 0 fully saturated rings. The number of aromatic nitrogens is 4. The summed E-state index contributed by atoms with van der Waals surface area (Å²) in [6.07, 6.45) is 0.343. The van der Waals surface area contributed by atoms with Crippen molar-refractivity contribution in [1.29, 1.82) is 0 Å². The standard InChI is InChI=1S/C16H23Cl2N5O/c1-9(23-13(5)16(18)11(3)21-23)8-14(24)19-6-7-22-12(4)15(17)10(2)20-22/h9H,6-8H2,1-5H3,(H,19,24)/t9-/m0/s1. The van der Waals surface area contributed by atoms with Gasteiger partial charge < -0.3 is 5.32 Å². The van der Waals surface area contributed by atoms with Crippen LogP contribution in [0.4, 0.5) is 0 Å².